The minimum Gasteiger partial charge on any atom is -0.377 e. The summed E-state index contributed by atoms with van der Waals surface area (Å²) < 4.78 is 14.0. The van der Waals surface area contributed by atoms with Crippen LogP contribution in [0.15, 0.2) is 97.1 Å². The first-order valence-electron chi connectivity index (χ1n) is 12.2. The highest BCUT2D eigenvalue weighted by Gasteiger charge is 2.25. The molecule has 2 amide bonds. The molecule has 4 aromatic rings. The van der Waals surface area contributed by atoms with Crippen LogP contribution in [-0.2, 0) is 6.54 Å². The Hall–Kier alpha value is -4.16. The molecule has 0 saturated carbocycles. The Morgan fingerprint density at radius 2 is 1.61 bits per heavy atom. The number of amides is 2. The third kappa shape index (κ3) is 6.21. The van der Waals surface area contributed by atoms with E-state index in [-0.39, 0.29) is 30.0 Å². The molecule has 0 aliphatic heterocycles. The number of halogens is 2. The lowest BCUT2D eigenvalue weighted by molar-refractivity contribution is 0.0673. The fourth-order valence-corrected chi connectivity index (χ4v) is 4.56. The summed E-state index contributed by atoms with van der Waals surface area (Å²) in [7, 11) is 3.83. The molecule has 5 nitrogen and oxygen atoms in total. The van der Waals surface area contributed by atoms with Gasteiger partial charge in [0.1, 0.15) is 5.82 Å². The molecule has 1 N–H and O–H groups in total. The van der Waals surface area contributed by atoms with Crippen LogP contribution in [0.1, 0.15) is 44.8 Å². The fraction of sp³-hybridized carbons (Fsp3) is 0.161. The number of nitrogens with zero attached hydrogens (tertiary/aromatic N) is 2. The van der Waals surface area contributed by atoms with Crippen molar-refractivity contribution >= 4 is 34.8 Å². The molecule has 4 rings (SSSR count). The lowest BCUT2D eigenvalue weighted by Crippen LogP contribution is -2.34. The second-order valence-corrected chi connectivity index (χ2v) is 9.61. The van der Waals surface area contributed by atoms with E-state index in [1.165, 1.54) is 18.2 Å². The van der Waals surface area contributed by atoms with E-state index < -0.39 is 5.82 Å². The second kappa shape index (κ2) is 11.9. The van der Waals surface area contributed by atoms with Gasteiger partial charge in [-0.1, -0.05) is 60.1 Å². The van der Waals surface area contributed by atoms with Crippen molar-refractivity contribution in [1.29, 1.82) is 0 Å². The molecule has 4 aromatic carbocycles. The van der Waals surface area contributed by atoms with E-state index in [1.54, 1.807) is 35.2 Å². The van der Waals surface area contributed by atoms with Crippen LogP contribution in [0.25, 0.3) is 0 Å². The van der Waals surface area contributed by atoms with E-state index in [0.717, 1.165) is 16.8 Å². The zero-order valence-corrected chi connectivity index (χ0v) is 22.2. The van der Waals surface area contributed by atoms with Gasteiger partial charge in [0.25, 0.3) is 11.8 Å². The molecule has 0 radical (unpaired) electrons. The van der Waals surface area contributed by atoms with E-state index >= 15 is 0 Å². The molecule has 0 unspecified atom stereocenters. The molecule has 0 fully saturated rings. The molecule has 0 aliphatic rings. The lowest BCUT2D eigenvalue weighted by atomic mass is 10.0. The van der Waals surface area contributed by atoms with Crippen molar-refractivity contribution in [2.45, 2.75) is 19.5 Å². The zero-order valence-electron chi connectivity index (χ0n) is 21.5. The average molecular weight is 530 g/mol. The number of rotatable bonds is 8. The minimum atomic E-state index is -0.471. The maximum absolute atomic E-state index is 14.0. The first kappa shape index (κ1) is 26.9. The van der Waals surface area contributed by atoms with Crippen LogP contribution >= 0.6 is 11.6 Å². The summed E-state index contributed by atoms with van der Waals surface area (Å²) >= 11 is 6.21. The number of nitrogens with one attached hydrogen (secondary N) is 1. The highest BCUT2D eigenvalue weighted by Crippen LogP contribution is 2.30. The molecule has 0 saturated heterocycles. The van der Waals surface area contributed by atoms with Crippen LogP contribution in [0.4, 0.5) is 15.8 Å². The summed E-state index contributed by atoms with van der Waals surface area (Å²) in [5.41, 5.74) is 3.86. The van der Waals surface area contributed by atoms with E-state index in [2.05, 4.69) is 5.32 Å². The van der Waals surface area contributed by atoms with E-state index in [4.69, 9.17) is 11.6 Å². The van der Waals surface area contributed by atoms with Crippen molar-refractivity contribution in [2.24, 2.45) is 0 Å². The average Bonchev–Trinajstić information content (AvgIpc) is 2.91. The Balaban J connectivity index is 1.71. The fourth-order valence-electron chi connectivity index (χ4n) is 4.34. The number of anilines is 2. The molecule has 0 bridgehead atoms. The Kier molecular flexibility index (Phi) is 8.44. The summed E-state index contributed by atoms with van der Waals surface area (Å²) in [5.74, 6) is -1.10. The second-order valence-electron chi connectivity index (χ2n) is 9.20. The summed E-state index contributed by atoms with van der Waals surface area (Å²) in [4.78, 5) is 30.3. The number of carbonyl (C=O) groups excluding carboxylic acids is 2. The molecule has 0 spiro atoms. The van der Waals surface area contributed by atoms with Gasteiger partial charge in [0.2, 0.25) is 0 Å². The van der Waals surface area contributed by atoms with Gasteiger partial charge < -0.3 is 15.1 Å². The minimum absolute atomic E-state index is 0.231. The third-order valence-corrected chi connectivity index (χ3v) is 6.69. The maximum atomic E-state index is 14.0. The highest BCUT2D eigenvalue weighted by atomic mass is 35.5. The first-order valence-corrected chi connectivity index (χ1v) is 12.6. The van der Waals surface area contributed by atoms with Crippen LogP contribution in [0.2, 0.25) is 5.02 Å². The normalized spacial score (nSPS) is 11.5. The summed E-state index contributed by atoms with van der Waals surface area (Å²) in [6, 6.07) is 27.5. The SMILES string of the molecule is C[C@@H](c1ccccc1)N(Cc1cc(NC(=O)c2ccccc2Cl)ccc1N(C)C)C(=O)c1cccc(F)c1. The predicted molar refractivity (Wildman–Crippen MR) is 151 cm³/mol. The lowest BCUT2D eigenvalue weighted by Gasteiger charge is -2.32. The van der Waals surface area contributed by atoms with E-state index in [1.807, 2.05) is 74.4 Å². The molecule has 0 heterocycles. The van der Waals surface area contributed by atoms with Gasteiger partial charge in [-0.05, 0) is 66.6 Å². The van der Waals surface area contributed by atoms with Gasteiger partial charge in [-0.25, -0.2) is 4.39 Å². The first-order chi connectivity index (χ1) is 18.2. The van der Waals surface area contributed by atoms with Gasteiger partial charge >= 0.3 is 0 Å². The van der Waals surface area contributed by atoms with Gasteiger partial charge in [-0.2, -0.15) is 0 Å². The van der Waals surface area contributed by atoms with Gasteiger partial charge in [-0.3, -0.25) is 9.59 Å². The molecule has 1 atom stereocenters. The molecule has 0 aromatic heterocycles. The van der Waals surface area contributed by atoms with Crippen molar-refractivity contribution in [1.82, 2.24) is 4.90 Å². The Morgan fingerprint density at radius 3 is 2.29 bits per heavy atom. The summed E-state index contributed by atoms with van der Waals surface area (Å²) in [6.07, 6.45) is 0. The van der Waals surface area contributed by atoms with Crippen molar-refractivity contribution in [3.63, 3.8) is 0 Å². The zero-order chi connectivity index (χ0) is 27.2. The van der Waals surface area contributed by atoms with E-state index in [0.29, 0.717) is 16.3 Å². The molecule has 194 valence electrons. The Bertz CT molecular complexity index is 1440. The molecular formula is C31H29ClFN3O2. The number of hydrogen-bond acceptors (Lipinski definition) is 3. The van der Waals surface area contributed by atoms with Crippen molar-refractivity contribution in [3.8, 4) is 0 Å². The van der Waals surface area contributed by atoms with Crippen LogP contribution < -0.4 is 10.2 Å². The molecule has 7 heteroatoms. The largest absolute Gasteiger partial charge is 0.377 e. The van der Waals surface area contributed by atoms with Gasteiger partial charge in [0.15, 0.2) is 0 Å². The van der Waals surface area contributed by atoms with Crippen molar-refractivity contribution in [3.05, 3.63) is 130 Å². The quantitative estimate of drug-likeness (QED) is 0.262. The van der Waals surface area contributed by atoms with Gasteiger partial charge in [-0.15, -0.1) is 0 Å². The number of carbonyl (C=O) groups is 2. The monoisotopic (exact) mass is 529 g/mol. The smallest absolute Gasteiger partial charge is 0.257 e. The number of hydrogen-bond donors (Lipinski definition) is 1. The predicted octanol–water partition coefficient (Wildman–Crippen LogP) is 7.20. The topological polar surface area (TPSA) is 52.7 Å². The Labute approximate surface area is 227 Å². The van der Waals surface area contributed by atoms with Crippen LogP contribution in [0.3, 0.4) is 0 Å². The standard InChI is InChI=1S/C31H29ClFN3O2/c1-21(22-10-5-4-6-11-22)36(31(38)23-12-9-13-25(33)18-23)20-24-19-26(16-17-29(24)35(2)3)34-30(37)27-14-7-8-15-28(27)32/h4-19,21H,20H2,1-3H3,(H,34,37)/t21-/m0/s1. The molecule has 0 aliphatic carbocycles. The van der Waals surface area contributed by atoms with Crippen LogP contribution in [0.5, 0.6) is 0 Å². The molecular weight excluding hydrogens is 501 g/mol. The summed E-state index contributed by atoms with van der Waals surface area (Å²) in [6.45, 7) is 2.18. The Morgan fingerprint density at radius 1 is 0.895 bits per heavy atom. The maximum Gasteiger partial charge on any atom is 0.257 e. The highest BCUT2D eigenvalue weighted by molar-refractivity contribution is 6.34. The van der Waals surface area contributed by atoms with Crippen LogP contribution in [-0.4, -0.2) is 30.8 Å². The van der Waals surface area contributed by atoms with E-state index in [9.17, 15) is 14.0 Å². The summed E-state index contributed by atoms with van der Waals surface area (Å²) in [5, 5.41) is 3.27. The van der Waals surface area contributed by atoms with Crippen molar-refractivity contribution in [2.75, 3.05) is 24.3 Å². The van der Waals surface area contributed by atoms with Gasteiger partial charge in [0.05, 0.1) is 16.6 Å². The van der Waals surface area contributed by atoms with Crippen LogP contribution in [0, 0.1) is 5.82 Å². The third-order valence-electron chi connectivity index (χ3n) is 6.36. The molecule has 38 heavy (non-hydrogen) atoms. The van der Waals surface area contributed by atoms with Gasteiger partial charge in [0, 0.05) is 37.6 Å². The number of benzene rings is 4. The van der Waals surface area contributed by atoms with Crippen molar-refractivity contribution < 1.29 is 14.0 Å².